The van der Waals surface area contributed by atoms with Gasteiger partial charge in [-0.25, -0.2) is 8.42 Å². The standard InChI is InChI=1S/C10H15NO4S/c1-8(10(12)15-2)6-11-5-4-9(7-11)16(3,13)14/h4-5,7-8H,6H2,1-3H3. The molecule has 1 atom stereocenters. The molecule has 0 spiro atoms. The summed E-state index contributed by atoms with van der Waals surface area (Å²) in [6.45, 7) is 2.13. The van der Waals surface area contributed by atoms with Gasteiger partial charge in [0.25, 0.3) is 0 Å². The highest BCUT2D eigenvalue weighted by atomic mass is 32.2. The van der Waals surface area contributed by atoms with Crippen LogP contribution >= 0.6 is 0 Å². The van der Waals surface area contributed by atoms with Gasteiger partial charge in [-0.3, -0.25) is 4.79 Å². The lowest BCUT2D eigenvalue weighted by Crippen LogP contribution is -2.18. The summed E-state index contributed by atoms with van der Waals surface area (Å²) in [5.74, 6) is -0.612. The first-order chi connectivity index (χ1) is 7.34. The molecule has 0 saturated carbocycles. The molecule has 5 nitrogen and oxygen atoms in total. The lowest BCUT2D eigenvalue weighted by Gasteiger charge is -2.09. The van der Waals surface area contributed by atoms with Crippen LogP contribution in [0, 0.1) is 5.92 Å². The minimum Gasteiger partial charge on any atom is -0.469 e. The molecule has 0 radical (unpaired) electrons. The first-order valence-electron chi connectivity index (χ1n) is 4.78. The molecule has 0 N–H and O–H groups in total. The SMILES string of the molecule is COC(=O)C(C)Cn1ccc(S(C)(=O)=O)c1. The third-order valence-electron chi connectivity index (χ3n) is 2.24. The number of rotatable bonds is 4. The molecule has 6 heteroatoms. The zero-order valence-electron chi connectivity index (χ0n) is 9.50. The minimum atomic E-state index is -3.18. The molecule has 0 aliphatic heterocycles. The molecule has 1 aromatic rings. The van der Waals surface area contributed by atoms with Gasteiger partial charge in [0.05, 0.1) is 17.9 Å². The van der Waals surface area contributed by atoms with Gasteiger partial charge in [0, 0.05) is 25.2 Å². The van der Waals surface area contributed by atoms with E-state index in [1.165, 1.54) is 19.4 Å². The zero-order chi connectivity index (χ0) is 12.3. The minimum absolute atomic E-state index is 0.254. The Morgan fingerprint density at radius 1 is 1.56 bits per heavy atom. The van der Waals surface area contributed by atoms with Crippen LogP contribution < -0.4 is 0 Å². The van der Waals surface area contributed by atoms with Crippen LogP contribution in [-0.2, 0) is 25.9 Å². The molecule has 16 heavy (non-hydrogen) atoms. The van der Waals surface area contributed by atoms with Gasteiger partial charge in [0.1, 0.15) is 0 Å². The van der Waals surface area contributed by atoms with Crippen molar-refractivity contribution < 1.29 is 17.9 Å². The lowest BCUT2D eigenvalue weighted by molar-refractivity contribution is -0.145. The highest BCUT2D eigenvalue weighted by molar-refractivity contribution is 7.90. The molecule has 0 saturated heterocycles. The summed E-state index contributed by atoms with van der Waals surface area (Å²) >= 11 is 0. The van der Waals surface area contributed by atoms with Crippen molar-refractivity contribution in [1.29, 1.82) is 0 Å². The van der Waals surface area contributed by atoms with Gasteiger partial charge in [-0.2, -0.15) is 0 Å². The maximum absolute atomic E-state index is 11.2. The van der Waals surface area contributed by atoms with Gasteiger partial charge < -0.3 is 9.30 Å². The summed E-state index contributed by atoms with van der Waals surface area (Å²) in [6.07, 6.45) is 4.29. The number of methoxy groups -OCH3 is 1. The fourth-order valence-electron chi connectivity index (χ4n) is 1.34. The Morgan fingerprint density at radius 3 is 2.62 bits per heavy atom. The van der Waals surface area contributed by atoms with Crippen molar-refractivity contribution in [3.8, 4) is 0 Å². The zero-order valence-corrected chi connectivity index (χ0v) is 10.3. The molecule has 0 fully saturated rings. The molecule has 0 aliphatic rings. The van der Waals surface area contributed by atoms with Crippen LogP contribution in [0.5, 0.6) is 0 Å². The second-order valence-electron chi connectivity index (χ2n) is 3.74. The maximum atomic E-state index is 11.2. The number of nitrogens with zero attached hydrogens (tertiary/aromatic N) is 1. The third kappa shape index (κ3) is 3.10. The Kier molecular flexibility index (Phi) is 3.74. The smallest absolute Gasteiger partial charge is 0.310 e. The maximum Gasteiger partial charge on any atom is 0.310 e. The van der Waals surface area contributed by atoms with Crippen LogP contribution in [0.1, 0.15) is 6.92 Å². The van der Waals surface area contributed by atoms with Gasteiger partial charge in [0.15, 0.2) is 9.84 Å². The van der Waals surface area contributed by atoms with Crippen molar-refractivity contribution in [2.45, 2.75) is 18.4 Å². The molecular formula is C10H15NO4S. The molecule has 0 amide bonds. The summed E-state index contributed by atoms with van der Waals surface area (Å²) in [4.78, 5) is 11.4. The van der Waals surface area contributed by atoms with Crippen molar-refractivity contribution in [3.63, 3.8) is 0 Å². The summed E-state index contributed by atoms with van der Waals surface area (Å²) in [7, 11) is -1.85. The van der Waals surface area contributed by atoms with E-state index in [0.29, 0.717) is 6.54 Å². The van der Waals surface area contributed by atoms with Gasteiger partial charge in [-0.1, -0.05) is 6.92 Å². The average molecular weight is 245 g/mol. The van der Waals surface area contributed by atoms with Crippen molar-refractivity contribution in [2.75, 3.05) is 13.4 Å². The largest absolute Gasteiger partial charge is 0.469 e. The highest BCUT2D eigenvalue weighted by Crippen LogP contribution is 2.11. The predicted octanol–water partition coefficient (Wildman–Crippen LogP) is 0.701. The second-order valence-corrected chi connectivity index (χ2v) is 5.76. The number of hydrogen-bond donors (Lipinski definition) is 0. The molecule has 1 aromatic heterocycles. The Balaban J connectivity index is 2.77. The molecule has 0 aromatic carbocycles. The summed E-state index contributed by atoms with van der Waals surface area (Å²) < 4.78 is 28.7. The number of carbonyl (C=O) groups excluding carboxylic acids is 1. The van der Waals surface area contributed by atoms with Crippen LogP contribution in [0.2, 0.25) is 0 Å². The summed E-state index contributed by atoms with van der Waals surface area (Å²) in [5.41, 5.74) is 0. The van der Waals surface area contributed by atoms with E-state index in [1.54, 1.807) is 17.7 Å². The van der Waals surface area contributed by atoms with Crippen LogP contribution in [0.25, 0.3) is 0 Å². The van der Waals surface area contributed by atoms with Crippen LogP contribution in [-0.4, -0.2) is 32.3 Å². The highest BCUT2D eigenvalue weighted by Gasteiger charge is 2.15. The number of aromatic nitrogens is 1. The van der Waals surface area contributed by atoms with E-state index >= 15 is 0 Å². The van der Waals surface area contributed by atoms with Gasteiger partial charge in [-0.05, 0) is 6.07 Å². The van der Waals surface area contributed by atoms with Crippen molar-refractivity contribution in [1.82, 2.24) is 4.57 Å². The molecule has 1 unspecified atom stereocenters. The van der Waals surface area contributed by atoms with Gasteiger partial charge in [0.2, 0.25) is 0 Å². The normalized spacial score (nSPS) is 13.4. The van der Waals surface area contributed by atoms with Crippen LogP contribution in [0.3, 0.4) is 0 Å². The lowest BCUT2D eigenvalue weighted by atomic mass is 10.2. The Hall–Kier alpha value is -1.30. The Morgan fingerprint density at radius 2 is 2.19 bits per heavy atom. The number of esters is 1. The number of carbonyl (C=O) groups is 1. The summed E-state index contributed by atoms with van der Waals surface area (Å²) in [6, 6.07) is 1.51. The van der Waals surface area contributed by atoms with E-state index < -0.39 is 9.84 Å². The fourth-order valence-corrected chi connectivity index (χ4v) is 1.98. The van der Waals surface area contributed by atoms with E-state index in [1.807, 2.05) is 0 Å². The van der Waals surface area contributed by atoms with Crippen molar-refractivity contribution in [3.05, 3.63) is 18.5 Å². The first kappa shape index (κ1) is 12.8. The van der Waals surface area contributed by atoms with E-state index in [-0.39, 0.29) is 16.8 Å². The Labute approximate surface area is 94.9 Å². The molecule has 0 aliphatic carbocycles. The molecular weight excluding hydrogens is 230 g/mol. The monoisotopic (exact) mass is 245 g/mol. The van der Waals surface area contributed by atoms with Gasteiger partial charge in [-0.15, -0.1) is 0 Å². The molecule has 1 rings (SSSR count). The van der Waals surface area contributed by atoms with Crippen molar-refractivity contribution >= 4 is 15.8 Å². The predicted molar refractivity (Wildman–Crippen MR) is 58.7 cm³/mol. The third-order valence-corrected chi connectivity index (χ3v) is 3.34. The van der Waals surface area contributed by atoms with Gasteiger partial charge >= 0.3 is 5.97 Å². The topological polar surface area (TPSA) is 65.4 Å². The summed E-state index contributed by atoms with van der Waals surface area (Å²) in [5, 5.41) is 0. The quantitative estimate of drug-likeness (QED) is 0.732. The van der Waals surface area contributed by atoms with E-state index in [9.17, 15) is 13.2 Å². The fraction of sp³-hybridized carbons (Fsp3) is 0.500. The number of sulfone groups is 1. The van der Waals surface area contributed by atoms with Crippen LogP contribution in [0.4, 0.5) is 0 Å². The number of hydrogen-bond acceptors (Lipinski definition) is 4. The van der Waals surface area contributed by atoms with E-state index in [0.717, 1.165) is 6.26 Å². The van der Waals surface area contributed by atoms with E-state index in [2.05, 4.69) is 4.74 Å². The molecule has 0 bridgehead atoms. The van der Waals surface area contributed by atoms with Crippen LogP contribution in [0.15, 0.2) is 23.4 Å². The van der Waals surface area contributed by atoms with Crippen molar-refractivity contribution in [2.24, 2.45) is 5.92 Å². The number of ether oxygens (including phenoxy) is 1. The molecule has 90 valence electrons. The second kappa shape index (κ2) is 4.69. The first-order valence-corrected chi connectivity index (χ1v) is 6.67. The molecule has 1 heterocycles. The Bertz CT molecular complexity index is 475. The average Bonchev–Trinajstić information content (AvgIpc) is 2.64. The van der Waals surface area contributed by atoms with E-state index in [4.69, 9.17) is 0 Å².